The standard InChI is InChI=1S/C62H62N2/c1-5-7-9-11-12-21-35-62(34-20-10-8-6-2)56-37-46(45-28-31-51-50-26-18-19-27-54(50)61(3,4)55(51)36-45)29-32-52(56)53-33-30-47(38-57(53)62)49-40-58(43-22-14-13-15-23-43)64-60(41-49)59-39-44-24-16-17-25-48(44)42-63-59/h13-19,22-33,36-42H,5-12,20-21,34-35H2,1-4H3. The van der Waals surface area contributed by atoms with Crippen LogP contribution in [0.15, 0.2) is 158 Å². The van der Waals surface area contributed by atoms with E-state index >= 15 is 0 Å². The van der Waals surface area contributed by atoms with Crippen LogP contribution in [0.25, 0.3) is 77.9 Å². The molecule has 2 nitrogen and oxygen atoms in total. The number of hydrogen-bond acceptors (Lipinski definition) is 2. The largest absolute Gasteiger partial charge is 0.254 e. The molecule has 320 valence electrons. The van der Waals surface area contributed by atoms with Gasteiger partial charge in [-0.3, -0.25) is 4.98 Å². The van der Waals surface area contributed by atoms with Crippen molar-refractivity contribution >= 4 is 10.8 Å². The zero-order chi connectivity index (χ0) is 43.7. The molecule has 64 heavy (non-hydrogen) atoms. The van der Waals surface area contributed by atoms with Gasteiger partial charge in [0.05, 0.1) is 17.1 Å². The van der Waals surface area contributed by atoms with Crippen molar-refractivity contribution in [2.45, 2.75) is 116 Å². The third kappa shape index (κ3) is 7.70. The summed E-state index contributed by atoms with van der Waals surface area (Å²) in [6, 6.07) is 57.0. The Bertz CT molecular complexity index is 2960. The van der Waals surface area contributed by atoms with Gasteiger partial charge < -0.3 is 0 Å². The minimum atomic E-state index is -0.0700. The zero-order valence-corrected chi connectivity index (χ0v) is 38.4. The minimum absolute atomic E-state index is 0.0380. The molecule has 1 unspecified atom stereocenters. The molecular weight excluding hydrogens is 773 g/mol. The first kappa shape index (κ1) is 41.9. The molecule has 2 aromatic heterocycles. The molecule has 0 aliphatic heterocycles. The van der Waals surface area contributed by atoms with Gasteiger partial charge in [-0.2, -0.15) is 0 Å². The second-order valence-corrected chi connectivity index (χ2v) is 19.3. The van der Waals surface area contributed by atoms with Crippen LogP contribution in [-0.2, 0) is 10.8 Å². The highest BCUT2D eigenvalue weighted by atomic mass is 14.8. The lowest BCUT2D eigenvalue weighted by molar-refractivity contribution is 0.399. The molecule has 8 aromatic rings. The van der Waals surface area contributed by atoms with E-state index in [1.165, 1.54) is 149 Å². The molecule has 2 aliphatic carbocycles. The van der Waals surface area contributed by atoms with Crippen LogP contribution in [-0.4, -0.2) is 9.97 Å². The van der Waals surface area contributed by atoms with Crippen molar-refractivity contribution in [3.05, 3.63) is 180 Å². The van der Waals surface area contributed by atoms with E-state index in [1.807, 2.05) is 6.20 Å². The molecule has 0 fully saturated rings. The first-order chi connectivity index (χ1) is 31.4. The summed E-state index contributed by atoms with van der Waals surface area (Å²) in [4.78, 5) is 10.3. The average Bonchev–Trinajstić information content (AvgIpc) is 3.74. The van der Waals surface area contributed by atoms with E-state index in [9.17, 15) is 0 Å². The van der Waals surface area contributed by atoms with E-state index in [0.717, 1.165) is 28.0 Å². The lowest BCUT2D eigenvalue weighted by atomic mass is 9.70. The van der Waals surface area contributed by atoms with Crippen molar-refractivity contribution in [3.63, 3.8) is 0 Å². The lowest BCUT2D eigenvalue weighted by Crippen LogP contribution is -2.25. The predicted octanol–water partition coefficient (Wildman–Crippen LogP) is 17.6. The summed E-state index contributed by atoms with van der Waals surface area (Å²) in [6.45, 7) is 9.45. The SMILES string of the molecule is CCCCCCCCC1(CCCCCC)c2cc(-c3cc(-c4ccccc4)nc(-c4cc5ccccc5cn4)c3)ccc2-c2ccc(-c3ccc4c(c3)C(C)(C)c3ccccc3-4)cc21. The van der Waals surface area contributed by atoms with Crippen LogP contribution in [0.4, 0.5) is 0 Å². The average molecular weight is 835 g/mol. The molecular formula is C62H62N2. The molecule has 0 spiro atoms. The van der Waals surface area contributed by atoms with Crippen LogP contribution in [0.5, 0.6) is 0 Å². The van der Waals surface area contributed by atoms with Crippen LogP contribution < -0.4 is 0 Å². The predicted molar refractivity (Wildman–Crippen MR) is 272 cm³/mol. The van der Waals surface area contributed by atoms with Crippen LogP contribution >= 0.6 is 0 Å². The number of unbranched alkanes of at least 4 members (excludes halogenated alkanes) is 8. The molecule has 0 N–H and O–H groups in total. The molecule has 0 bridgehead atoms. The molecule has 0 saturated heterocycles. The number of rotatable bonds is 16. The monoisotopic (exact) mass is 834 g/mol. The van der Waals surface area contributed by atoms with Gasteiger partial charge in [-0.25, -0.2) is 4.98 Å². The summed E-state index contributed by atoms with van der Waals surface area (Å²) in [7, 11) is 0. The van der Waals surface area contributed by atoms with Gasteiger partial charge in [-0.1, -0.05) is 207 Å². The zero-order valence-electron chi connectivity index (χ0n) is 38.4. The van der Waals surface area contributed by atoms with Crippen LogP contribution in [0.2, 0.25) is 0 Å². The van der Waals surface area contributed by atoms with Gasteiger partial charge in [0.2, 0.25) is 0 Å². The lowest BCUT2D eigenvalue weighted by Gasteiger charge is -2.33. The number of nitrogens with zero attached hydrogens (tertiary/aromatic N) is 2. The van der Waals surface area contributed by atoms with Crippen LogP contribution in [0.3, 0.4) is 0 Å². The third-order valence-electron chi connectivity index (χ3n) is 14.8. The summed E-state index contributed by atoms with van der Waals surface area (Å²) in [5.41, 5.74) is 20.3. The van der Waals surface area contributed by atoms with Crippen molar-refractivity contribution in [3.8, 4) is 67.2 Å². The third-order valence-corrected chi connectivity index (χ3v) is 14.8. The fraction of sp³-hybridized carbons (Fsp3) is 0.290. The maximum atomic E-state index is 5.29. The fourth-order valence-corrected chi connectivity index (χ4v) is 11.3. The van der Waals surface area contributed by atoms with Crippen molar-refractivity contribution in [1.82, 2.24) is 9.97 Å². The Labute approximate surface area is 381 Å². The number of fused-ring (bicyclic) bond motifs is 7. The topological polar surface area (TPSA) is 25.8 Å². The normalized spacial score (nSPS) is 15.5. The molecule has 0 radical (unpaired) electrons. The van der Waals surface area contributed by atoms with Gasteiger partial charge >= 0.3 is 0 Å². The maximum absolute atomic E-state index is 5.29. The molecule has 0 saturated carbocycles. The molecule has 0 amide bonds. The Balaban J connectivity index is 1.11. The van der Waals surface area contributed by atoms with Crippen LogP contribution in [0, 0.1) is 0 Å². The Hall–Kier alpha value is -6.12. The fourth-order valence-electron chi connectivity index (χ4n) is 11.3. The highest BCUT2D eigenvalue weighted by Crippen LogP contribution is 2.56. The summed E-state index contributed by atoms with van der Waals surface area (Å²) < 4.78 is 0. The van der Waals surface area contributed by atoms with Crippen molar-refractivity contribution in [2.75, 3.05) is 0 Å². The second kappa shape index (κ2) is 17.8. The van der Waals surface area contributed by atoms with E-state index in [2.05, 4.69) is 179 Å². The summed E-state index contributed by atoms with van der Waals surface area (Å²) in [5, 5.41) is 2.31. The van der Waals surface area contributed by atoms with E-state index in [4.69, 9.17) is 9.97 Å². The van der Waals surface area contributed by atoms with Gasteiger partial charge in [0.15, 0.2) is 0 Å². The van der Waals surface area contributed by atoms with Gasteiger partial charge in [0.25, 0.3) is 0 Å². The number of aromatic nitrogens is 2. The Morgan fingerprint density at radius 1 is 0.375 bits per heavy atom. The van der Waals surface area contributed by atoms with Gasteiger partial charge in [-0.05, 0) is 121 Å². The maximum Gasteiger partial charge on any atom is 0.0900 e. The molecule has 10 rings (SSSR count). The molecule has 2 heterocycles. The molecule has 2 aliphatic rings. The second-order valence-electron chi connectivity index (χ2n) is 19.3. The molecule has 6 aromatic carbocycles. The number of benzene rings is 6. The molecule has 2 heteroatoms. The van der Waals surface area contributed by atoms with E-state index in [0.29, 0.717) is 0 Å². The smallest absolute Gasteiger partial charge is 0.0900 e. The van der Waals surface area contributed by atoms with Gasteiger partial charge in [0, 0.05) is 28.0 Å². The number of pyridine rings is 2. The molecule has 1 atom stereocenters. The first-order valence-electron chi connectivity index (χ1n) is 24.4. The summed E-state index contributed by atoms with van der Waals surface area (Å²) in [5.74, 6) is 0. The summed E-state index contributed by atoms with van der Waals surface area (Å²) in [6.07, 6.45) is 17.1. The van der Waals surface area contributed by atoms with E-state index in [1.54, 1.807) is 0 Å². The van der Waals surface area contributed by atoms with Crippen molar-refractivity contribution in [2.24, 2.45) is 0 Å². The first-order valence-corrected chi connectivity index (χ1v) is 24.4. The number of hydrogen-bond donors (Lipinski definition) is 0. The Morgan fingerprint density at radius 2 is 0.891 bits per heavy atom. The highest BCUT2D eigenvalue weighted by molar-refractivity contribution is 5.90. The highest BCUT2D eigenvalue weighted by Gasteiger charge is 2.43. The van der Waals surface area contributed by atoms with Gasteiger partial charge in [0.1, 0.15) is 0 Å². The van der Waals surface area contributed by atoms with Gasteiger partial charge in [-0.15, -0.1) is 0 Å². The van der Waals surface area contributed by atoms with E-state index < -0.39 is 0 Å². The van der Waals surface area contributed by atoms with Crippen LogP contribution in [0.1, 0.15) is 127 Å². The van der Waals surface area contributed by atoms with Crippen molar-refractivity contribution in [1.29, 1.82) is 0 Å². The van der Waals surface area contributed by atoms with E-state index in [-0.39, 0.29) is 10.8 Å². The van der Waals surface area contributed by atoms with Crippen molar-refractivity contribution < 1.29 is 0 Å². The quantitative estimate of drug-likeness (QED) is 0.0906. The Morgan fingerprint density at radius 3 is 1.58 bits per heavy atom. The Kier molecular flexibility index (Phi) is 11.6. The minimum Gasteiger partial charge on any atom is -0.254 e. The summed E-state index contributed by atoms with van der Waals surface area (Å²) >= 11 is 0.